The van der Waals surface area contributed by atoms with E-state index in [1.807, 2.05) is 44.2 Å². The van der Waals surface area contributed by atoms with Gasteiger partial charge in [-0.25, -0.2) is 9.36 Å². The highest BCUT2D eigenvalue weighted by Crippen LogP contribution is 2.22. The van der Waals surface area contributed by atoms with Crippen LogP contribution < -0.4 is 10.9 Å². The van der Waals surface area contributed by atoms with Gasteiger partial charge in [-0.05, 0) is 49.1 Å². The average molecular weight is 393 g/mol. The molecule has 7 heteroatoms. The summed E-state index contributed by atoms with van der Waals surface area (Å²) in [5.41, 5.74) is 3.40. The van der Waals surface area contributed by atoms with E-state index in [1.165, 1.54) is 16.3 Å². The fraction of sp³-hybridized carbons (Fsp3) is 0.364. The Balaban J connectivity index is 1.66. The Morgan fingerprint density at radius 1 is 1.03 bits per heavy atom. The number of hydrogen-bond donors (Lipinski definition) is 1. The first-order chi connectivity index (χ1) is 13.6. The molecule has 0 bridgehead atoms. The van der Waals surface area contributed by atoms with E-state index in [2.05, 4.69) is 36.3 Å². The standard InChI is InChI=1S/C22H27N5O2/c1-15-14-16(2)27(24-15)19-10-11-20(28)26(25-19)13-12-23-21(29)17-6-8-18(9-7-17)22(3,4)5/h6-11,14H,12-13H2,1-5H3,(H,23,29). The van der Waals surface area contributed by atoms with Gasteiger partial charge in [0.25, 0.3) is 11.5 Å². The molecule has 1 aromatic carbocycles. The van der Waals surface area contributed by atoms with E-state index in [0.29, 0.717) is 17.9 Å². The number of amides is 1. The van der Waals surface area contributed by atoms with Crippen molar-refractivity contribution in [1.29, 1.82) is 0 Å². The van der Waals surface area contributed by atoms with E-state index in [1.54, 1.807) is 10.7 Å². The lowest BCUT2D eigenvalue weighted by atomic mass is 9.87. The second kappa shape index (κ2) is 8.03. The molecule has 0 radical (unpaired) electrons. The maximum absolute atomic E-state index is 12.4. The summed E-state index contributed by atoms with van der Waals surface area (Å²) in [6.07, 6.45) is 0. The number of carbonyl (C=O) groups excluding carboxylic acids is 1. The van der Waals surface area contributed by atoms with Gasteiger partial charge in [0.2, 0.25) is 0 Å². The molecule has 7 nitrogen and oxygen atoms in total. The summed E-state index contributed by atoms with van der Waals surface area (Å²) in [6, 6.07) is 12.6. The van der Waals surface area contributed by atoms with Crippen LogP contribution in [-0.2, 0) is 12.0 Å². The predicted octanol–water partition coefficient (Wildman–Crippen LogP) is 2.77. The molecule has 0 aliphatic rings. The molecule has 0 saturated heterocycles. The number of benzene rings is 1. The van der Waals surface area contributed by atoms with Gasteiger partial charge in [0.15, 0.2) is 5.82 Å². The highest BCUT2D eigenvalue weighted by Gasteiger charge is 2.14. The Morgan fingerprint density at radius 3 is 2.31 bits per heavy atom. The summed E-state index contributed by atoms with van der Waals surface area (Å²) >= 11 is 0. The topological polar surface area (TPSA) is 81.8 Å². The van der Waals surface area contributed by atoms with Gasteiger partial charge in [0, 0.05) is 23.9 Å². The van der Waals surface area contributed by atoms with Crippen molar-refractivity contribution < 1.29 is 4.79 Å². The SMILES string of the molecule is Cc1cc(C)n(-c2ccc(=O)n(CCNC(=O)c3ccc(C(C)(C)C)cc3)n2)n1. The fourth-order valence-electron chi connectivity index (χ4n) is 3.07. The van der Waals surface area contributed by atoms with Crippen LogP contribution in [0.5, 0.6) is 0 Å². The molecule has 0 atom stereocenters. The van der Waals surface area contributed by atoms with E-state index in [9.17, 15) is 9.59 Å². The quantitative estimate of drug-likeness (QED) is 0.723. The largest absolute Gasteiger partial charge is 0.350 e. The average Bonchev–Trinajstić information content (AvgIpc) is 3.00. The van der Waals surface area contributed by atoms with Gasteiger partial charge < -0.3 is 5.32 Å². The van der Waals surface area contributed by atoms with Gasteiger partial charge in [-0.1, -0.05) is 32.9 Å². The first-order valence-electron chi connectivity index (χ1n) is 9.66. The number of aryl methyl sites for hydroxylation is 2. The minimum absolute atomic E-state index is 0.0400. The van der Waals surface area contributed by atoms with Crippen LogP contribution in [0.4, 0.5) is 0 Å². The summed E-state index contributed by atoms with van der Waals surface area (Å²) < 4.78 is 3.04. The summed E-state index contributed by atoms with van der Waals surface area (Å²) in [6.45, 7) is 10.8. The van der Waals surface area contributed by atoms with E-state index in [-0.39, 0.29) is 23.4 Å². The Morgan fingerprint density at radius 2 is 1.72 bits per heavy atom. The van der Waals surface area contributed by atoms with Crippen LogP contribution in [-0.4, -0.2) is 32.0 Å². The highest BCUT2D eigenvalue weighted by atomic mass is 16.2. The third-order valence-electron chi connectivity index (χ3n) is 4.70. The molecule has 1 amide bonds. The smallest absolute Gasteiger partial charge is 0.266 e. The van der Waals surface area contributed by atoms with Gasteiger partial charge in [-0.2, -0.15) is 5.10 Å². The van der Waals surface area contributed by atoms with Gasteiger partial charge in [0.05, 0.1) is 12.2 Å². The Kier molecular flexibility index (Phi) is 5.68. The molecule has 1 N–H and O–H groups in total. The summed E-state index contributed by atoms with van der Waals surface area (Å²) in [5, 5.41) is 11.6. The molecule has 2 aromatic heterocycles. The number of nitrogens with zero attached hydrogens (tertiary/aromatic N) is 4. The number of nitrogens with one attached hydrogen (secondary N) is 1. The van der Waals surface area contributed by atoms with Crippen molar-refractivity contribution in [2.75, 3.05) is 6.54 Å². The summed E-state index contributed by atoms with van der Waals surface area (Å²) in [7, 11) is 0. The molecule has 0 aliphatic heterocycles. The van der Waals surface area contributed by atoms with Crippen molar-refractivity contribution >= 4 is 5.91 Å². The maximum Gasteiger partial charge on any atom is 0.266 e. The minimum atomic E-state index is -0.223. The highest BCUT2D eigenvalue weighted by molar-refractivity contribution is 5.94. The van der Waals surface area contributed by atoms with Crippen LogP contribution in [0.2, 0.25) is 0 Å². The second-order valence-electron chi connectivity index (χ2n) is 8.18. The number of aromatic nitrogens is 4. The molecular formula is C22H27N5O2. The van der Waals surface area contributed by atoms with E-state index in [0.717, 1.165) is 11.4 Å². The molecule has 0 saturated carbocycles. The Bertz CT molecular complexity index is 1070. The molecular weight excluding hydrogens is 366 g/mol. The van der Waals surface area contributed by atoms with Crippen LogP contribution >= 0.6 is 0 Å². The lowest BCUT2D eigenvalue weighted by molar-refractivity contribution is 0.0951. The number of rotatable bonds is 5. The van der Waals surface area contributed by atoms with Gasteiger partial charge in [0.1, 0.15) is 0 Å². The third-order valence-corrected chi connectivity index (χ3v) is 4.70. The molecule has 0 aliphatic carbocycles. The van der Waals surface area contributed by atoms with E-state index in [4.69, 9.17) is 0 Å². The number of hydrogen-bond acceptors (Lipinski definition) is 4. The van der Waals surface area contributed by atoms with Crippen molar-refractivity contribution in [1.82, 2.24) is 24.9 Å². The van der Waals surface area contributed by atoms with Crippen LogP contribution in [0.25, 0.3) is 5.82 Å². The molecule has 3 rings (SSSR count). The number of carbonyl (C=O) groups is 1. The zero-order valence-corrected chi connectivity index (χ0v) is 17.6. The zero-order valence-electron chi connectivity index (χ0n) is 17.6. The van der Waals surface area contributed by atoms with Crippen molar-refractivity contribution in [2.24, 2.45) is 0 Å². The van der Waals surface area contributed by atoms with E-state index >= 15 is 0 Å². The van der Waals surface area contributed by atoms with Crippen LogP contribution in [0.1, 0.15) is 48.1 Å². The molecule has 29 heavy (non-hydrogen) atoms. The fourth-order valence-corrected chi connectivity index (χ4v) is 3.07. The van der Waals surface area contributed by atoms with Gasteiger partial charge >= 0.3 is 0 Å². The van der Waals surface area contributed by atoms with Gasteiger partial charge in [-0.3, -0.25) is 9.59 Å². The Labute approximate surface area is 170 Å². The van der Waals surface area contributed by atoms with E-state index < -0.39 is 0 Å². The molecule has 0 unspecified atom stereocenters. The third kappa shape index (κ3) is 4.80. The summed E-state index contributed by atoms with van der Waals surface area (Å²) in [4.78, 5) is 24.5. The maximum atomic E-state index is 12.4. The lowest BCUT2D eigenvalue weighted by Crippen LogP contribution is -2.32. The van der Waals surface area contributed by atoms with Crippen molar-refractivity contribution in [3.63, 3.8) is 0 Å². The van der Waals surface area contributed by atoms with Gasteiger partial charge in [-0.15, -0.1) is 5.10 Å². The van der Waals surface area contributed by atoms with Crippen LogP contribution in [0.3, 0.4) is 0 Å². The van der Waals surface area contributed by atoms with Crippen molar-refractivity contribution in [2.45, 2.75) is 46.6 Å². The molecule has 0 fully saturated rings. The predicted molar refractivity (Wildman–Crippen MR) is 113 cm³/mol. The molecule has 0 spiro atoms. The molecule has 3 aromatic rings. The van der Waals surface area contributed by atoms with Crippen molar-refractivity contribution in [3.8, 4) is 5.82 Å². The first kappa shape index (κ1) is 20.5. The molecule has 2 heterocycles. The monoisotopic (exact) mass is 393 g/mol. The van der Waals surface area contributed by atoms with Crippen LogP contribution in [0, 0.1) is 13.8 Å². The minimum Gasteiger partial charge on any atom is -0.350 e. The first-order valence-corrected chi connectivity index (χ1v) is 9.66. The Hall–Kier alpha value is -3.22. The molecule has 152 valence electrons. The second-order valence-corrected chi connectivity index (χ2v) is 8.18. The summed E-state index contributed by atoms with van der Waals surface area (Å²) in [5.74, 6) is 0.396. The normalized spacial score (nSPS) is 11.5. The van der Waals surface area contributed by atoms with Crippen LogP contribution in [0.15, 0.2) is 47.3 Å². The van der Waals surface area contributed by atoms with Crippen molar-refractivity contribution in [3.05, 3.63) is 75.3 Å². The zero-order chi connectivity index (χ0) is 21.2. The lowest BCUT2D eigenvalue weighted by Gasteiger charge is -2.19.